The SMILES string of the molecule is Cc1ccc(C2CCC(C3CCC(/C=C/CCCCCF)CC3)CC2)cc1. The van der Waals surface area contributed by atoms with Crippen LogP contribution < -0.4 is 0 Å². The molecule has 0 aliphatic heterocycles. The molecule has 0 radical (unpaired) electrons. The van der Waals surface area contributed by atoms with Crippen LogP contribution in [0.25, 0.3) is 0 Å². The molecule has 1 aromatic rings. The minimum Gasteiger partial charge on any atom is -0.251 e. The molecule has 0 aromatic heterocycles. The first kappa shape index (κ1) is 20.6. The average molecular weight is 371 g/mol. The van der Waals surface area contributed by atoms with Crippen LogP contribution >= 0.6 is 0 Å². The summed E-state index contributed by atoms with van der Waals surface area (Å²) in [5.41, 5.74) is 2.94. The van der Waals surface area contributed by atoms with Gasteiger partial charge in [0.15, 0.2) is 0 Å². The van der Waals surface area contributed by atoms with Gasteiger partial charge in [-0.05, 0) is 107 Å². The van der Waals surface area contributed by atoms with E-state index in [1.807, 2.05) is 0 Å². The molecule has 150 valence electrons. The van der Waals surface area contributed by atoms with Crippen LogP contribution in [0, 0.1) is 24.7 Å². The Morgan fingerprint density at radius 2 is 1.44 bits per heavy atom. The number of benzene rings is 1. The van der Waals surface area contributed by atoms with E-state index >= 15 is 0 Å². The fourth-order valence-electron chi connectivity index (χ4n) is 5.39. The highest BCUT2D eigenvalue weighted by Crippen LogP contribution is 2.44. The number of hydrogen-bond acceptors (Lipinski definition) is 0. The Morgan fingerprint density at radius 1 is 0.815 bits per heavy atom. The van der Waals surface area contributed by atoms with Gasteiger partial charge in [-0.3, -0.25) is 4.39 Å². The van der Waals surface area contributed by atoms with Crippen LogP contribution in [0.4, 0.5) is 4.39 Å². The zero-order chi connectivity index (χ0) is 18.9. The van der Waals surface area contributed by atoms with Crippen molar-refractivity contribution in [2.45, 2.75) is 89.9 Å². The molecule has 0 N–H and O–H groups in total. The van der Waals surface area contributed by atoms with Crippen molar-refractivity contribution in [3.05, 3.63) is 47.5 Å². The van der Waals surface area contributed by atoms with Gasteiger partial charge in [0.2, 0.25) is 0 Å². The third kappa shape index (κ3) is 6.47. The second-order valence-corrected chi connectivity index (χ2v) is 9.16. The Labute approximate surface area is 166 Å². The monoisotopic (exact) mass is 370 g/mol. The fraction of sp³-hybridized carbons (Fsp3) is 0.692. The maximum absolute atomic E-state index is 12.1. The Morgan fingerprint density at radius 3 is 2.07 bits per heavy atom. The highest BCUT2D eigenvalue weighted by Gasteiger charge is 2.30. The van der Waals surface area contributed by atoms with Crippen LogP contribution in [-0.4, -0.2) is 6.67 Å². The summed E-state index contributed by atoms with van der Waals surface area (Å²) in [5, 5.41) is 0. The van der Waals surface area contributed by atoms with Crippen LogP contribution in [0.3, 0.4) is 0 Å². The van der Waals surface area contributed by atoms with Gasteiger partial charge in [0.05, 0.1) is 6.67 Å². The van der Waals surface area contributed by atoms with Crippen molar-refractivity contribution in [1.82, 2.24) is 0 Å². The van der Waals surface area contributed by atoms with Crippen molar-refractivity contribution >= 4 is 0 Å². The molecule has 2 saturated carbocycles. The highest BCUT2D eigenvalue weighted by molar-refractivity contribution is 5.24. The van der Waals surface area contributed by atoms with Gasteiger partial charge in [-0.1, -0.05) is 48.4 Å². The number of halogens is 1. The van der Waals surface area contributed by atoms with Crippen LogP contribution in [0.15, 0.2) is 36.4 Å². The van der Waals surface area contributed by atoms with E-state index in [0.717, 1.165) is 49.4 Å². The van der Waals surface area contributed by atoms with Crippen molar-refractivity contribution in [2.75, 3.05) is 6.67 Å². The molecule has 0 unspecified atom stereocenters. The fourth-order valence-corrected chi connectivity index (χ4v) is 5.39. The van der Waals surface area contributed by atoms with Gasteiger partial charge < -0.3 is 0 Å². The lowest BCUT2D eigenvalue weighted by molar-refractivity contribution is 0.171. The first-order valence-corrected chi connectivity index (χ1v) is 11.6. The van der Waals surface area contributed by atoms with E-state index in [4.69, 9.17) is 0 Å². The molecule has 0 atom stereocenters. The van der Waals surface area contributed by atoms with E-state index in [9.17, 15) is 4.39 Å². The summed E-state index contributed by atoms with van der Waals surface area (Å²) < 4.78 is 12.1. The molecule has 0 heterocycles. The van der Waals surface area contributed by atoms with Gasteiger partial charge in [-0.25, -0.2) is 0 Å². The summed E-state index contributed by atoms with van der Waals surface area (Å²) in [6, 6.07) is 9.26. The zero-order valence-corrected chi connectivity index (χ0v) is 17.3. The summed E-state index contributed by atoms with van der Waals surface area (Å²) in [4.78, 5) is 0. The molecule has 0 spiro atoms. The second-order valence-electron chi connectivity index (χ2n) is 9.16. The van der Waals surface area contributed by atoms with E-state index in [1.54, 1.807) is 5.56 Å². The van der Waals surface area contributed by atoms with Gasteiger partial charge in [0.25, 0.3) is 0 Å². The standard InChI is InChI=1S/C26H39F/c1-21-8-12-23(13-9-21)25-16-18-26(19-17-25)24-14-10-22(11-15-24)7-5-3-2-4-6-20-27/h5,7-9,12-13,22,24-26H,2-4,6,10-11,14-20H2,1H3/b7-5+. The van der Waals surface area contributed by atoms with Crippen molar-refractivity contribution in [2.24, 2.45) is 17.8 Å². The smallest absolute Gasteiger partial charge is 0.0894 e. The molecule has 27 heavy (non-hydrogen) atoms. The van der Waals surface area contributed by atoms with Crippen LogP contribution in [-0.2, 0) is 0 Å². The van der Waals surface area contributed by atoms with Gasteiger partial charge in [0.1, 0.15) is 0 Å². The maximum atomic E-state index is 12.1. The summed E-state index contributed by atoms with van der Waals surface area (Å²) in [6.45, 7) is 2.03. The minimum atomic E-state index is -0.152. The molecule has 0 saturated heterocycles. The Balaban J connectivity index is 1.34. The number of aryl methyl sites for hydroxylation is 1. The number of hydrogen-bond donors (Lipinski definition) is 0. The van der Waals surface area contributed by atoms with Gasteiger partial charge >= 0.3 is 0 Å². The molecule has 3 rings (SSSR count). The largest absolute Gasteiger partial charge is 0.251 e. The van der Waals surface area contributed by atoms with E-state index in [2.05, 4.69) is 43.3 Å². The summed E-state index contributed by atoms with van der Waals surface area (Å²) in [5.74, 6) is 3.58. The van der Waals surface area contributed by atoms with Gasteiger partial charge in [0, 0.05) is 0 Å². The predicted molar refractivity (Wildman–Crippen MR) is 115 cm³/mol. The lowest BCUT2D eigenvalue weighted by Gasteiger charge is -2.37. The third-order valence-corrected chi connectivity index (χ3v) is 7.22. The molecule has 1 heteroatoms. The average Bonchev–Trinajstić information content (AvgIpc) is 2.72. The molecular weight excluding hydrogens is 331 g/mol. The molecule has 2 fully saturated rings. The number of allylic oxidation sites excluding steroid dienone is 2. The van der Waals surface area contributed by atoms with E-state index in [1.165, 1.54) is 56.9 Å². The molecule has 2 aliphatic carbocycles. The summed E-state index contributed by atoms with van der Waals surface area (Å²) in [7, 11) is 0. The highest BCUT2D eigenvalue weighted by atomic mass is 19.1. The topological polar surface area (TPSA) is 0 Å². The van der Waals surface area contributed by atoms with Crippen LogP contribution in [0.5, 0.6) is 0 Å². The van der Waals surface area contributed by atoms with Crippen molar-refractivity contribution < 1.29 is 4.39 Å². The number of rotatable bonds is 8. The third-order valence-electron chi connectivity index (χ3n) is 7.22. The summed E-state index contributed by atoms with van der Waals surface area (Å²) >= 11 is 0. The zero-order valence-electron chi connectivity index (χ0n) is 17.3. The van der Waals surface area contributed by atoms with Crippen molar-refractivity contribution in [3.8, 4) is 0 Å². The Kier molecular flexibility index (Phi) is 8.42. The number of unbranched alkanes of at least 4 members (excludes halogenated alkanes) is 3. The van der Waals surface area contributed by atoms with E-state index in [0.29, 0.717) is 0 Å². The van der Waals surface area contributed by atoms with Crippen molar-refractivity contribution in [1.29, 1.82) is 0 Å². The molecule has 0 nitrogen and oxygen atoms in total. The van der Waals surface area contributed by atoms with E-state index in [-0.39, 0.29) is 6.67 Å². The van der Waals surface area contributed by atoms with Gasteiger partial charge in [-0.15, -0.1) is 0 Å². The second kappa shape index (κ2) is 11.0. The number of alkyl halides is 1. The first-order chi connectivity index (χ1) is 13.3. The van der Waals surface area contributed by atoms with E-state index < -0.39 is 0 Å². The minimum absolute atomic E-state index is 0.152. The lowest BCUT2D eigenvalue weighted by Crippen LogP contribution is -2.25. The molecule has 1 aromatic carbocycles. The van der Waals surface area contributed by atoms with Crippen LogP contribution in [0.1, 0.15) is 94.1 Å². The Hall–Kier alpha value is -1.11. The normalized spacial score (nSPS) is 29.3. The van der Waals surface area contributed by atoms with Crippen LogP contribution in [0.2, 0.25) is 0 Å². The maximum Gasteiger partial charge on any atom is 0.0894 e. The van der Waals surface area contributed by atoms with Crippen molar-refractivity contribution in [3.63, 3.8) is 0 Å². The summed E-state index contributed by atoms with van der Waals surface area (Å²) in [6.07, 6.45) is 20.3. The predicted octanol–water partition coefficient (Wildman–Crippen LogP) is 8.16. The molecule has 0 amide bonds. The molecule has 2 aliphatic rings. The molecule has 0 bridgehead atoms. The quantitative estimate of drug-likeness (QED) is 0.320. The lowest BCUT2D eigenvalue weighted by atomic mass is 9.68. The van der Waals surface area contributed by atoms with Gasteiger partial charge in [-0.2, -0.15) is 0 Å². The Bertz CT molecular complexity index is 542. The first-order valence-electron chi connectivity index (χ1n) is 11.6. The molecular formula is C26H39F.